The first-order valence-electron chi connectivity index (χ1n) is 12.4. The molecule has 5 aromatic rings. The van der Waals surface area contributed by atoms with E-state index in [9.17, 15) is 17.6 Å². The predicted molar refractivity (Wildman–Crippen MR) is 145 cm³/mol. The molecule has 0 aliphatic heterocycles. The Hall–Kier alpha value is -4.10. The predicted octanol–water partition coefficient (Wildman–Crippen LogP) is 9.31. The lowest BCUT2D eigenvalue weighted by atomic mass is 9.96. The molecule has 0 bridgehead atoms. The average Bonchev–Trinajstić information content (AvgIpc) is 3.28. The number of hydrogen-bond acceptors (Lipinski definition) is 2. The smallest absolute Gasteiger partial charge is 0.418 e. The van der Waals surface area contributed by atoms with Crippen LogP contribution < -0.4 is 4.74 Å². The van der Waals surface area contributed by atoms with Crippen LogP contribution in [-0.2, 0) is 19.1 Å². The third kappa shape index (κ3) is 4.90. The molecule has 0 radical (unpaired) electrons. The van der Waals surface area contributed by atoms with Crippen LogP contribution in [0.1, 0.15) is 28.7 Å². The number of alkyl halides is 3. The van der Waals surface area contributed by atoms with Crippen LogP contribution in [0.3, 0.4) is 0 Å². The van der Waals surface area contributed by atoms with Crippen molar-refractivity contribution in [3.8, 4) is 22.8 Å². The minimum atomic E-state index is -4.60. The number of aromatic nitrogens is 2. The van der Waals surface area contributed by atoms with E-state index < -0.39 is 17.6 Å². The number of hydrogen-bond donors (Lipinski definition) is 0. The zero-order chi connectivity index (χ0) is 27.1. The second-order valence-corrected chi connectivity index (χ2v) is 9.77. The van der Waals surface area contributed by atoms with Crippen molar-refractivity contribution >= 4 is 28.6 Å². The summed E-state index contributed by atoms with van der Waals surface area (Å²) < 4.78 is 64.1. The highest BCUT2D eigenvalue weighted by Gasteiger charge is 2.34. The lowest BCUT2D eigenvalue weighted by Crippen LogP contribution is -2.07. The highest BCUT2D eigenvalue weighted by molar-refractivity contribution is 6.30. The topological polar surface area (TPSA) is 27.1 Å². The van der Waals surface area contributed by atoms with Crippen molar-refractivity contribution in [2.75, 3.05) is 0 Å². The molecule has 1 heterocycles. The third-order valence-corrected chi connectivity index (χ3v) is 7.01. The second-order valence-electron chi connectivity index (χ2n) is 9.34. The van der Waals surface area contributed by atoms with Crippen molar-refractivity contribution in [2.45, 2.75) is 25.6 Å². The zero-order valence-electron chi connectivity index (χ0n) is 20.5. The molecule has 0 spiro atoms. The highest BCUT2D eigenvalue weighted by Crippen LogP contribution is 2.40. The number of ether oxygens (including phenoxy) is 1. The fraction of sp³-hybridized carbons (Fsp3) is 0.129. The number of allylic oxidation sites excluding steroid dienone is 1. The summed E-state index contributed by atoms with van der Waals surface area (Å²) in [7, 11) is 0. The van der Waals surface area contributed by atoms with Gasteiger partial charge in [-0.2, -0.15) is 18.3 Å². The van der Waals surface area contributed by atoms with Gasteiger partial charge >= 0.3 is 6.18 Å². The van der Waals surface area contributed by atoms with Gasteiger partial charge in [-0.25, -0.2) is 4.39 Å². The summed E-state index contributed by atoms with van der Waals surface area (Å²) >= 11 is 5.91. The van der Waals surface area contributed by atoms with Crippen LogP contribution in [0.25, 0.3) is 28.2 Å². The molecule has 3 nitrogen and oxygen atoms in total. The second kappa shape index (κ2) is 9.89. The maximum atomic E-state index is 14.7. The SMILES string of the molecule is Fc1cc(Cl)ccc1Cn1nc2c(C(F)(F)F)cccc2c1-c1cccc(Oc2cccc3c2CCC=C3)c1. The fourth-order valence-electron chi connectivity index (χ4n) is 4.98. The van der Waals surface area contributed by atoms with Gasteiger partial charge < -0.3 is 4.74 Å². The van der Waals surface area contributed by atoms with Crippen molar-refractivity contribution < 1.29 is 22.3 Å². The van der Waals surface area contributed by atoms with Crippen molar-refractivity contribution in [1.29, 1.82) is 0 Å². The molecular formula is C31H21ClF4N2O. The van der Waals surface area contributed by atoms with Crippen molar-refractivity contribution in [3.05, 3.63) is 118 Å². The molecule has 0 saturated carbocycles. The standard InChI is InChI=1S/C31H21ClF4N2O/c32-22-15-14-21(27(33)17-22)18-38-30(25-11-5-12-26(29(25)37-38)31(34,35)36)20-8-3-9-23(16-20)39-28-13-4-7-19-6-1-2-10-24(19)28/h1,3-9,11-17H,2,10,18H2. The van der Waals surface area contributed by atoms with E-state index in [1.165, 1.54) is 28.9 Å². The summed E-state index contributed by atoms with van der Waals surface area (Å²) in [5, 5.41) is 4.87. The zero-order valence-corrected chi connectivity index (χ0v) is 21.2. The van der Waals surface area contributed by atoms with E-state index in [0.717, 1.165) is 35.8 Å². The number of benzene rings is 4. The molecule has 1 aromatic heterocycles. The van der Waals surface area contributed by atoms with Gasteiger partial charge in [-0.05, 0) is 54.8 Å². The van der Waals surface area contributed by atoms with E-state index in [-0.39, 0.29) is 22.6 Å². The van der Waals surface area contributed by atoms with Crippen LogP contribution in [0.5, 0.6) is 11.5 Å². The summed E-state index contributed by atoms with van der Waals surface area (Å²) in [6, 6.07) is 21.1. The van der Waals surface area contributed by atoms with Gasteiger partial charge in [-0.3, -0.25) is 4.68 Å². The van der Waals surface area contributed by atoms with E-state index in [1.807, 2.05) is 18.2 Å². The molecule has 0 amide bonds. The lowest BCUT2D eigenvalue weighted by molar-refractivity contribution is -0.136. The van der Waals surface area contributed by atoms with Gasteiger partial charge in [0.25, 0.3) is 0 Å². The molecule has 0 fully saturated rings. The summed E-state index contributed by atoms with van der Waals surface area (Å²) in [6.07, 6.45) is 1.36. The van der Waals surface area contributed by atoms with Gasteiger partial charge in [0.1, 0.15) is 22.8 Å². The van der Waals surface area contributed by atoms with Crippen LogP contribution in [0.4, 0.5) is 17.6 Å². The minimum Gasteiger partial charge on any atom is -0.457 e. The quantitative estimate of drug-likeness (QED) is 0.205. The molecule has 39 heavy (non-hydrogen) atoms. The monoisotopic (exact) mass is 548 g/mol. The molecule has 0 unspecified atom stereocenters. The molecule has 1 aliphatic rings. The Morgan fingerprint density at radius 3 is 2.59 bits per heavy atom. The molecule has 0 atom stereocenters. The number of halogens is 5. The van der Waals surface area contributed by atoms with Crippen LogP contribution in [-0.4, -0.2) is 9.78 Å². The Balaban J connectivity index is 1.48. The summed E-state index contributed by atoms with van der Waals surface area (Å²) in [4.78, 5) is 0. The first kappa shape index (κ1) is 25.2. The Morgan fingerprint density at radius 1 is 0.949 bits per heavy atom. The minimum absolute atomic E-state index is 0.0894. The largest absolute Gasteiger partial charge is 0.457 e. The molecule has 0 saturated heterocycles. The third-order valence-electron chi connectivity index (χ3n) is 6.77. The van der Waals surface area contributed by atoms with Crippen LogP contribution in [0.2, 0.25) is 5.02 Å². The van der Waals surface area contributed by atoms with Gasteiger partial charge in [-0.1, -0.05) is 66.2 Å². The van der Waals surface area contributed by atoms with Gasteiger partial charge in [0.2, 0.25) is 0 Å². The van der Waals surface area contributed by atoms with Crippen molar-refractivity contribution in [2.24, 2.45) is 0 Å². The van der Waals surface area contributed by atoms with E-state index in [0.29, 0.717) is 22.4 Å². The number of nitrogens with zero attached hydrogens (tertiary/aromatic N) is 2. The van der Waals surface area contributed by atoms with E-state index in [4.69, 9.17) is 16.3 Å². The van der Waals surface area contributed by atoms with Crippen LogP contribution >= 0.6 is 11.6 Å². The molecule has 6 rings (SSSR count). The Labute approximate surface area is 226 Å². The van der Waals surface area contributed by atoms with E-state index >= 15 is 0 Å². The Bertz CT molecular complexity index is 1740. The molecular weight excluding hydrogens is 528 g/mol. The van der Waals surface area contributed by atoms with E-state index in [1.54, 1.807) is 30.3 Å². The first-order chi connectivity index (χ1) is 18.8. The van der Waals surface area contributed by atoms with Crippen LogP contribution in [0.15, 0.2) is 84.9 Å². The van der Waals surface area contributed by atoms with E-state index in [2.05, 4.69) is 17.3 Å². The Kier molecular flexibility index (Phi) is 6.39. The molecule has 8 heteroatoms. The molecule has 1 aliphatic carbocycles. The molecule has 4 aromatic carbocycles. The highest BCUT2D eigenvalue weighted by atomic mass is 35.5. The van der Waals surface area contributed by atoms with Gasteiger partial charge in [0.05, 0.1) is 17.8 Å². The maximum absolute atomic E-state index is 14.7. The van der Waals surface area contributed by atoms with Crippen molar-refractivity contribution in [3.63, 3.8) is 0 Å². The average molecular weight is 549 g/mol. The van der Waals surface area contributed by atoms with Crippen molar-refractivity contribution in [1.82, 2.24) is 9.78 Å². The Morgan fingerprint density at radius 2 is 1.77 bits per heavy atom. The van der Waals surface area contributed by atoms with Gasteiger partial charge in [-0.15, -0.1) is 0 Å². The van der Waals surface area contributed by atoms with Gasteiger partial charge in [0.15, 0.2) is 0 Å². The lowest BCUT2D eigenvalue weighted by Gasteiger charge is -2.16. The maximum Gasteiger partial charge on any atom is 0.418 e. The van der Waals surface area contributed by atoms with Crippen LogP contribution in [0, 0.1) is 5.82 Å². The number of fused-ring (bicyclic) bond motifs is 2. The summed E-state index contributed by atoms with van der Waals surface area (Å²) in [5.41, 5.74) is 2.41. The fourth-order valence-corrected chi connectivity index (χ4v) is 5.14. The molecule has 196 valence electrons. The summed E-state index contributed by atoms with van der Waals surface area (Å²) in [5.74, 6) is 0.694. The normalized spacial score (nSPS) is 13.1. The molecule has 0 N–H and O–H groups in total. The first-order valence-corrected chi connectivity index (χ1v) is 12.7. The number of rotatable bonds is 5. The van der Waals surface area contributed by atoms with Gasteiger partial charge in [0, 0.05) is 27.1 Å². The summed E-state index contributed by atoms with van der Waals surface area (Å²) in [6.45, 7) is -0.0894.